The molecule has 0 radical (unpaired) electrons. The van der Waals surface area contributed by atoms with Crippen molar-refractivity contribution >= 4 is 15.8 Å². The van der Waals surface area contributed by atoms with Crippen LogP contribution in [0.3, 0.4) is 0 Å². The van der Waals surface area contributed by atoms with E-state index < -0.39 is 15.4 Å². The number of hydrogen-bond donors (Lipinski definition) is 3. The Hall–Kier alpha value is -0.900. The lowest BCUT2D eigenvalue weighted by Crippen LogP contribution is -2.48. The largest absolute Gasteiger partial charge is 0.387 e. The number of nitrogens with one attached hydrogen (secondary N) is 2. The predicted molar refractivity (Wildman–Crippen MR) is 91.6 cm³/mol. The van der Waals surface area contributed by atoms with Crippen LogP contribution in [0.1, 0.15) is 13.8 Å². The molecule has 136 valence electrons. The Kier molecular flexibility index (Phi) is 8.24. The molecule has 9 heteroatoms. The zero-order chi connectivity index (χ0) is 17.3. The van der Waals surface area contributed by atoms with Crippen molar-refractivity contribution in [1.29, 1.82) is 0 Å². The van der Waals surface area contributed by atoms with Gasteiger partial charge in [-0.1, -0.05) is 0 Å². The third-order valence-electron chi connectivity index (χ3n) is 3.36. The third kappa shape index (κ3) is 9.75. The van der Waals surface area contributed by atoms with Crippen LogP contribution in [0.15, 0.2) is 4.99 Å². The first-order valence-electron chi connectivity index (χ1n) is 7.94. The highest BCUT2D eigenvalue weighted by Crippen LogP contribution is 2.09. The second-order valence-corrected chi connectivity index (χ2v) is 8.40. The van der Waals surface area contributed by atoms with Crippen LogP contribution in [-0.4, -0.2) is 94.5 Å². The van der Waals surface area contributed by atoms with Crippen molar-refractivity contribution in [3.63, 3.8) is 0 Å². The maximum absolute atomic E-state index is 11.2. The van der Waals surface area contributed by atoms with E-state index in [0.717, 1.165) is 13.1 Å². The molecule has 1 fully saturated rings. The molecule has 0 saturated carbocycles. The van der Waals surface area contributed by atoms with Gasteiger partial charge in [-0.25, -0.2) is 8.42 Å². The molecule has 0 aromatic rings. The smallest absolute Gasteiger partial charge is 0.191 e. The molecule has 0 bridgehead atoms. The summed E-state index contributed by atoms with van der Waals surface area (Å²) in [6.07, 6.45) is 1.20. The first-order chi connectivity index (χ1) is 10.7. The summed E-state index contributed by atoms with van der Waals surface area (Å²) < 4.78 is 27.6. The highest BCUT2D eigenvalue weighted by Gasteiger charge is 2.25. The van der Waals surface area contributed by atoms with Crippen molar-refractivity contribution in [2.45, 2.75) is 19.4 Å². The van der Waals surface area contributed by atoms with Gasteiger partial charge in [0.1, 0.15) is 9.84 Å². The molecule has 0 amide bonds. The normalized spacial score (nSPS) is 20.1. The molecule has 3 N–H and O–H groups in total. The van der Waals surface area contributed by atoms with E-state index in [-0.39, 0.29) is 18.8 Å². The molecule has 1 atom stereocenters. The highest BCUT2D eigenvalue weighted by atomic mass is 32.2. The van der Waals surface area contributed by atoms with E-state index in [1.165, 1.54) is 6.26 Å². The third-order valence-corrected chi connectivity index (χ3v) is 4.30. The summed E-state index contributed by atoms with van der Waals surface area (Å²) in [4.78, 5) is 6.52. The SMILES string of the molecule is CCNC(=NCC(C)(O)CN1CCOCC1)NCCS(C)(=O)=O. The molecule has 1 aliphatic heterocycles. The van der Waals surface area contributed by atoms with Gasteiger partial charge in [0.25, 0.3) is 0 Å². The van der Waals surface area contributed by atoms with Crippen LogP contribution in [0.4, 0.5) is 0 Å². The minimum Gasteiger partial charge on any atom is -0.387 e. The fraction of sp³-hybridized carbons (Fsp3) is 0.929. The lowest BCUT2D eigenvalue weighted by molar-refractivity contribution is -0.0179. The number of aliphatic hydroxyl groups is 1. The second-order valence-electron chi connectivity index (χ2n) is 6.14. The van der Waals surface area contributed by atoms with Crippen LogP contribution in [0.25, 0.3) is 0 Å². The summed E-state index contributed by atoms with van der Waals surface area (Å²) in [5, 5.41) is 16.5. The van der Waals surface area contributed by atoms with Crippen LogP contribution in [-0.2, 0) is 14.6 Å². The fourth-order valence-electron chi connectivity index (χ4n) is 2.24. The van der Waals surface area contributed by atoms with Gasteiger partial charge >= 0.3 is 0 Å². The average molecular weight is 350 g/mol. The number of rotatable bonds is 8. The second kappa shape index (κ2) is 9.41. The summed E-state index contributed by atoms with van der Waals surface area (Å²) >= 11 is 0. The van der Waals surface area contributed by atoms with Gasteiger partial charge in [-0.3, -0.25) is 9.89 Å². The Labute approximate surface area is 139 Å². The van der Waals surface area contributed by atoms with E-state index in [4.69, 9.17) is 4.74 Å². The minimum atomic E-state index is -3.01. The van der Waals surface area contributed by atoms with Crippen LogP contribution in [0.2, 0.25) is 0 Å². The monoisotopic (exact) mass is 350 g/mol. The van der Waals surface area contributed by atoms with E-state index in [2.05, 4.69) is 20.5 Å². The fourth-order valence-corrected chi connectivity index (χ4v) is 2.71. The predicted octanol–water partition coefficient (Wildman–Crippen LogP) is -1.33. The summed E-state index contributed by atoms with van der Waals surface area (Å²) in [6, 6.07) is 0. The van der Waals surface area contributed by atoms with Crippen molar-refractivity contribution in [3.05, 3.63) is 0 Å². The van der Waals surface area contributed by atoms with Crippen LogP contribution in [0.5, 0.6) is 0 Å². The number of morpholine rings is 1. The Morgan fingerprint density at radius 2 is 2.00 bits per heavy atom. The zero-order valence-electron chi connectivity index (χ0n) is 14.3. The minimum absolute atomic E-state index is 0.0432. The molecule has 0 aromatic carbocycles. The molecule has 0 aliphatic carbocycles. The Morgan fingerprint density at radius 1 is 1.35 bits per heavy atom. The first-order valence-corrected chi connectivity index (χ1v) is 10.0. The molecule has 8 nitrogen and oxygen atoms in total. The van der Waals surface area contributed by atoms with Gasteiger partial charge in [0.05, 0.1) is 31.1 Å². The van der Waals surface area contributed by atoms with Gasteiger partial charge in [0, 0.05) is 39.0 Å². The van der Waals surface area contributed by atoms with Gasteiger partial charge < -0.3 is 20.5 Å². The molecular weight excluding hydrogens is 320 g/mol. The molecule has 1 rings (SSSR count). The maximum Gasteiger partial charge on any atom is 0.191 e. The number of ether oxygens (including phenoxy) is 1. The summed E-state index contributed by atoms with van der Waals surface area (Å²) in [6.45, 7) is 8.41. The van der Waals surface area contributed by atoms with Gasteiger partial charge in [-0.05, 0) is 13.8 Å². The number of aliphatic imine (C=N–C) groups is 1. The number of nitrogens with zero attached hydrogens (tertiary/aromatic N) is 2. The van der Waals surface area contributed by atoms with Crippen LogP contribution < -0.4 is 10.6 Å². The molecule has 1 heterocycles. The Balaban J connectivity index is 2.49. The van der Waals surface area contributed by atoms with Gasteiger partial charge in [0.2, 0.25) is 0 Å². The lowest BCUT2D eigenvalue weighted by Gasteiger charge is -2.33. The number of hydrogen-bond acceptors (Lipinski definition) is 6. The molecule has 0 spiro atoms. The van der Waals surface area contributed by atoms with E-state index in [9.17, 15) is 13.5 Å². The van der Waals surface area contributed by atoms with E-state index in [1.807, 2.05) is 6.92 Å². The van der Waals surface area contributed by atoms with Gasteiger partial charge in [-0.15, -0.1) is 0 Å². The van der Waals surface area contributed by atoms with Gasteiger partial charge in [0.15, 0.2) is 5.96 Å². The molecule has 23 heavy (non-hydrogen) atoms. The van der Waals surface area contributed by atoms with Crippen molar-refractivity contribution < 1.29 is 18.3 Å². The van der Waals surface area contributed by atoms with Crippen molar-refractivity contribution in [2.75, 3.05) is 64.5 Å². The molecular formula is C14H30N4O4S. The van der Waals surface area contributed by atoms with Crippen molar-refractivity contribution in [1.82, 2.24) is 15.5 Å². The maximum atomic E-state index is 11.2. The average Bonchev–Trinajstić information content (AvgIpc) is 2.44. The quantitative estimate of drug-likeness (QED) is 0.368. The number of guanidine groups is 1. The standard InChI is InChI=1S/C14H30N4O4S/c1-4-15-13(16-5-10-23(3,20)21)17-11-14(2,19)12-18-6-8-22-9-7-18/h19H,4-12H2,1-3H3,(H2,15,16,17). The summed E-state index contributed by atoms with van der Waals surface area (Å²) in [7, 11) is -3.01. The van der Waals surface area contributed by atoms with E-state index >= 15 is 0 Å². The van der Waals surface area contributed by atoms with Crippen LogP contribution >= 0.6 is 0 Å². The number of sulfone groups is 1. The molecule has 1 aliphatic rings. The summed E-state index contributed by atoms with van der Waals surface area (Å²) in [5.74, 6) is 0.556. The Bertz CT molecular complexity index is 473. The van der Waals surface area contributed by atoms with E-state index in [0.29, 0.717) is 32.3 Å². The Morgan fingerprint density at radius 3 is 2.57 bits per heavy atom. The highest BCUT2D eigenvalue weighted by molar-refractivity contribution is 7.90. The lowest BCUT2D eigenvalue weighted by atomic mass is 10.1. The first kappa shape index (κ1) is 20.1. The topological polar surface area (TPSA) is 103 Å². The molecule has 1 unspecified atom stereocenters. The zero-order valence-corrected chi connectivity index (χ0v) is 15.2. The summed E-state index contributed by atoms with van der Waals surface area (Å²) in [5.41, 5.74) is -0.948. The van der Waals surface area contributed by atoms with Crippen LogP contribution in [0, 0.1) is 0 Å². The van der Waals surface area contributed by atoms with E-state index in [1.54, 1.807) is 6.92 Å². The molecule has 0 aromatic heterocycles. The number of β-amino-alcohol motifs (C(OH)–C–C–N with tert-alkyl or cyclic N) is 1. The van der Waals surface area contributed by atoms with Crippen molar-refractivity contribution in [2.24, 2.45) is 4.99 Å². The van der Waals surface area contributed by atoms with Crippen molar-refractivity contribution in [3.8, 4) is 0 Å². The molecule has 1 saturated heterocycles. The van der Waals surface area contributed by atoms with Gasteiger partial charge in [-0.2, -0.15) is 0 Å².